The number of ether oxygens (including phenoxy) is 1. The Hall–Kier alpha value is -1.77. The van der Waals surface area contributed by atoms with E-state index >= 15 is 0 Å². The van der Waals surface area contributed by atoms with Gasteiger partial charge in [0, 0.05) is 36.7 Å². The van der Waals surface area contributed by atoms with E-state index in [1.54, 1.807) is 49.1 Å². The van der Waals surface area contributed by atoms with E-state index < -0.39 is 5.60 Å². The monoisotopic (exact) mass is 479 g/mol. The number of carbonyl (C=O) groups is 2. The van der Waals surface area contributed by atoms with Crippen molar-refractivity contribution < 1.29 is 14.3 Å². The van der Waals surface area contributed by atoms with Crippen molar-refractivity contribution in [2.24, 2.45) is 0 Å². The molecule has 0 N–H and O–H groups in total. The Bertz CT molecular complexity index is 951. The number of nitrogens with zero attached hydrogens (tertiary/aromatic N) is 3. The molecule has 2 saturated heterocycles. The van der Waals surface area contributed by atoms with Crippen LogP contribution in [0.5, 0.6) is 5.75 Å². The number of likely N-dealkylation sites (tertiary alicyclic amines) is 1. The van der Waals surface area contributed by atoms with Gasteiger partial charge in [0.2, 0.25) is 0 Å². The minimum atomic E-state index is -1.01. The number of hydrogen-bond donors (Lipinski definition) is 0. The summed E-state index contributed by atoms with van der Waals surface area (Å²) in [5.41, 5.74) is -0.456. The Morgan fingerprint density at radius 2 is 1.90 bits per heavy atom. The van der Waals surface area contributed by atoms with E-state index in [0.29, 0.717) is 29.6 Å². The van der Waals surface area contributed by atoms with E-state index in [0.717, 1.165) is 36.0 Å². The molecule has 6 nitrogen and oxygen atoms in total. The van der Waals surface area contributed by atoms with Gasteiger partial charge in [0.15, 0.2) is 5.60 Å². The molecular formula is C22H26ClN3O3S2. The average molecular weight is 480 g/mol. The molecule has 166 valence electrons. The lowest BCUT2D eigenvalue weighted by atomic mass is 9.96. The van der Waals surface area contributed by atoms with Gasteiger partial charge in [-0.2, -0.15) is 0 Å². The first kappa shape index (κ1) is 22.4. The van der Waals surface area contributed by atoms with Crippen molar-refractivity contribution in [3.05, 3.63) is 45.4 Å². The molecule has 2 aliphatic rings. The molecule has 0 atom stereocenters. The van der Waals surface area contributed by atoms with Crippen molar-refractivity contribution >= 4 is 46.5 Å². The standard InChI is InChI=1S/C22H26ClN3O3S2/c1-22(2,29-18-6-4-3-5-16(18)23)21(28)25-9-7-15(8-10-25)19-24-17(13-31-19)20(27)26-11-12-30-14-26/h3-6,13,15H,7-12,14H2,1-2H3. The molecule has 31 heavy (non-hydrogen) atoms. The molecule has 9 heteroatoms. The Balaban J connectivity index is 1.34. The lowest BCUT2D eigenvalue weighted by Gasteiger charge is -2.36. The van der Waals surface area contributed by atoms with Gasteiger partial charge >= 0.3 is 0 Å². The molecule has 0 bridgehead atoms. The fourth-order valence-corrected chi connectivity index (χ4v) is 5.95. The number of rotatable bonds is 5. The van der Waals surface area contributed by atoms with Crippen LogP contribution in [0, 0.1) is 0 Å². The van der Waals surface area contributed by atoms with Crippen LogP contribution < -0.4 is 4.74 Å². The molecule has 0 unspecified atom stereocenters. The summed E-state index contributed by atoms with van der Waals surface area (Å²) in [4.78, 5) is 34.0. The molecule has 0 radical (unpaired) electrons. The maximum absolute atomic E-state index is 13.1. The fourth-order valence-electron chi connectivity index (χ4n) is 3.87. The molecule has 3 heterocycles. The highest BCUT2D eigenvalue weighted by atomic mass is 35.5. The smallest absolute Gasteiger partial charge is 0.274 e. The molecule has 1 aromatic carbocycles. The molecule has 0 spiro atoms. The van der Waals surface area contributed by atoms with Gasteiger partial charge in [-0.05, 0) is 38.8 Å². The van der Waals surface area contributed by atoms with Gasteiger partial charge < -0.3 is 14.5 Å². The van der Waals surface area contributed by atoms with Crippen LogP contribution in [0.3, 0.4) is 0 Å². The number of piperidine rings is 1. The third kappa shape index (κ3) is 5.02. The normalized spacial score (nSPS) is 17.8. The number of aromatic nitrogens is 1. The Labute approximate surface area is 195 Å². The van der Waals surface area contributed by atoms with E-state index in [4.69, 9.17) is 16.3 Å². The SMILES string of the molecule is CC(C)(Oc1ccccc1Cl)C(=O)N1CCC(c2nc(C(=O)N3CCSC3)cs2)CC1. The minimum absolute atomic E-state index is 0.0265. The summed E-state index contributed by atoms with van der Waals surface area (Å²) < 4.78 is 5.96. The van der Waals surface area contributed by atoms with E-state index in [1.807, 2.05) is 27.3 Å². The predicted octanol–water partition coefficient (Wildman–Crippen LogP) is 4.51. The lowest BCUT2D eigenvalue weighted by Crippen LogP contribution is -2.51. The summed E-state index contributed by atoms with van der Waals surface area (Å²) in [6.45, 7) is 5.64. The number of thioether (sulfide) groups is 1. The molecule has 0 aliphatic carbocycles. The summed E-state index contributed by atoms with van der Waals surface area (Å²) in [7, 11) is 0. The summed E-state index contributed by atoms with van der Waals surface area (Å²) in [5.74, 6) is 2.50. The maximum atomic E-state index is 13.1. The minimum Gasteiger partial charge on any atom is -0.476 e. The first-order chi connectivity index (χ1) is 14.8. The van der Waals surface area contributed by atoms with Gasteiger partial charge in [0.1, 0.15) is 11.4 Å². The lowest BCUT2D eigenvalue weighted by molar-refractivity contribution is -0.146. The molecule has 0 saturated carbocycles. The third-order valence-electron chi connectivity index (χ3n) is 5.63. The molecular weight excluding hydrogens is 454 g/mol. The number of hydrogen-bond acceptors (Lipinski definition) is 6. The van der Waals surface area contributed by atoms with Crippen LogP contribution in [0.15, 0.2) is 29.6 Å². The second kappa shape index (κ2) is 9.38. The molecule has 2 fully saturated rings. The molecule has 1 aromatic heterocycles. The largest absolute Gasteiger partial charge is 0.476 e. The quantitative estimate of drug-likeness (QED) is 0.631. The third-order valence-corrected chi connectivity index (χ3v) is 7.91. The summed E-state index contributed by atoms with van der Waals surface area (Å²) in [5, 5.41) is 3.36. The Morgan fingerprint density at radius 3 is 2.58 bits per heavy atom. The molecule has 2 aliphatic heterocycles. The van der Waals surface area contributed by atoms with Crippen molar-refractivity contribution in [3.63, 3.8) is 0 Å². The number of carbonyl (C=O) groups excluding carboxylic acids is 2. The number of amides is 2. The van der Waals surface area contributed by atoms with Crippen LogP contribution in [-0.2, 0) is 4.79 Å². The van der Waals surface area contributed by atoms with Crippen LogP contribution in [0.25, 0.3) is 0 Å². The van der Waals surface area contributed by atoms with Crippen LogP contribution in [0.2, 0.25) is 5.02 Å². The number of para-hydroxylation sites is 1. The number of thiazole rings is 1. The van der Waals surface area contributed by atoms with Gasteiger partial charge in [0.05, 0.1) is 15.9 Å². The predicted molar refractivity (Wildman–Crippen MR) is 125 cm³/mol. The van der Waals surface area contributed by atoms with Crippen molar-refractivity contribution in [1.82, 2.24) is 14.8 Å². The second-order valence-electron chi connectivity index (χ2n) is 8.29. The first-order valence-electron chi connectivity index (χ1n) is 10.4. The van der Waals surface area contributed by atoms with Crippen LogP contribution in [0.4, 0.5) is 0 Å². The van der Waals surface area contributed by atoms with E-state index in [9.17, 15) is 9.59 Å². The highest BCUT2D eigenvalue weighted by Crippen LogP contribution is 2.33. The van der Waals surface area contributed by atoms with Crippen molar-refractivity contribution in [1.29, 1.82) is 0 Å². The number of halogens is 1. The maximum Gasteiger partial charge on any atom is 0.274 e. The van der Waals surface area contributed by atoms with Gasteiger partial charge in [-0.15, -0.1) is 23.1 Å². The van der Waals surface area contributed by atoms with Crippen LogP contribution >= 0.6 is 34.7 Å². The Kier molecular flexibility index (Phi) is 6.79. The zero-order valence-electron chi connectivity index (χ0n) is 17.7. The Morgan fingerprint density at radius 1 is 1.16 bits per heavy atom. The van der Waals surface area contributed by atoms with Crippen molar-refractivity contribution in [2.75, 3.05) is 31.3 Å². The fraction of sp³-hybridized carbons (Fsp3) is 0.500. The van der Waals surface area contributed by atoms with Gasteiger partial charge in [-0.25, -0.2) is 4.98 Å². The van der Waals surface area contributed by atoms with Gasteiger partial charge in [-0.1, -0.05) is 23.7 Å². The van der Waals surface area contributed by atoms with Crippen LogP contribution in [0.1, 0.15) is 48.1 Å². The van der Waals surface area contributed by atoms with Crippen molar-refractivity contribution in [2.45, 2.75) is 38.2 Å². The topological polar surface area (TPSA) is 62.7 Å². The second-order valence-corrected chi connectivity index (χ2v) is 10.7. The van der Waals surface area contributed by atoms with E-state index in [1.165, 1.54) is 0 Å². The zero-order valence-corrected chi connectivity index (χ0v) is 20.1. The molecule has 2 aromatic rings. The van der Waals surface area contributed by atoms with Crippen molar-refractivity contribution in [3.8, 4) is 5.75 Å². The first-order valence-corrected chi connectivity index (χ1v) is 12.8. The highest BCUT2D eigenvalue weighted by Gasteiger charge is 2.37. The van der Waals surface area contributed by atoms with Gasteiger partial charge in [-0.3, -0.25) is 9.59 Å². The van der Waals surface area contributed by atoms with E-state index in [-0.39, 0.29) is 17.7 Å². The van der Waals surface area contributed by atoms with E-state index in [2.05, 4.69) is 4.98 Å². The highest BCUT2D eigenvalue weighted by molar-refractivity contribution is 7.99. The van der Waals surface area contributed by atoms with Crippen LogP contribution in [-0.4, -0.2) is 63.5 Å². The zero-order chi connectivity index (χ0) is 22.0. The molecule has 4 rings (SSSR count). The number of benzene rings is 1. The molecule has 2 amide bonds. The summed E-state index contributed by atoms with van der Waals surface area (Å²) in [6.07, 6.45) is 1.66. The van der Waals surface area contributed by atoms with Gasteiger partial charge in [0.25, 0.3) is 11.8 Å². The summed E-state index contributed by atoms with van der Waals surface area (Å²) >= 11 is 9.51. The summed E-state index contributed by atoms with van der Waals surface area (Å²) in [6, 6.07) is 7.18. The average Bonchev–Trinajstić information content (AvgIpc) is 3.47.